The smallest absolute Gasteiger partial charge is 0.352 e. The van der Waals surface area contributed by atoms with E-state index in [2.05, 4.69) is 10.1 Å². The SMILES string of the molecule is O=C(O)C1=NN(Cc2ccc3ncccc3c2)C(=O)CC1. The van der Waals surface area contributed by atoms with Crippen molar-refractivity contribution >= 4 is 28.5 Å². The van der Waals surface area contributed by atoms with Gasteiger partial charge in [-0.3, -0.25) is 9.78 Å². The quantitative estimate of drug-likeness (QED) is 0.931. The van der Waals surface area contributed by atoms with E-state index in [9.17, 15) is 9.59 Å². The van der Waals surface area contributed by atoms with E-state index in [4.69, 9.17) is 5.11 Å². The summed E-state index contributed by atoms with van der Waals surface area (Å²) in [7, 11) is 0. The molecule has 3 rings (SSSR count). The third-order valence-corrected chi connectivity index (χ3v) is 3.35. The third-order valence-electron chi connectivity index (χ3n) is 3.35. The van der Waals surface area contributed by atoms with E-state index < -0.39 is 5.97 Å². The number of benzene rings is 1. The Morgan fingerprint density at radius 3 is 2.95 bits per heavy atom. The first kappa shape index (κ1) is 13.2. The Hall–Kier alpha value is -2.76. The minimum atomic E-state index is -1.07. The average Bonchev–Trinajstić information content (AvgIpc) is 2.49. The van der Waals surface area contributed by atoms with Crippen LogP contribution in [-0.4, -0.2) is 32.7 Å². The van der Waals surface area contributed by atoms with Gasteiger partial charge in [0.25, 0.3) is 0 Å². The molecule has 1 amide bonds. The fourth-order valence-corrected chi connectivity index (χ4v) is 2.28. The molecule has 0 atom stereocenters. The van der Waals surface area contributed by atoms with Crippen molar-refractivity contribution in [3.05, 3.63) is 42.1 Å². The van der Waals surface area contributed by atoms with Gasteiger partial charge in [0.1, 0.15) is 5.71 Å². The summed E-state index contributed by atoms with van der Waals surface area (Å²) in [4.78, 5) is 27.0. The fourth-order valence-electron chi connectivity index (χ4n) is 2.28. The fraction of sp³-hybridized carbons (Fsp3) is 0.200. The minimum Gasteiger partial charge on any atom is -0.477 e. The van der Waals surface area contributed by atoms with Gasteiger partial charge in [-0.05, 0) is 23.8 Å². The van der Waals surface area contributed by atoms with Gasteiger partial charge in [-0.2, -0.15) is 5.10 Å². The molecular formula is C15H13N3O3. The van der Waals surface area contributed by atoms with Gasteiger partial charge in [0, 0.05) is 24.4 Å². The summed E-state index contributed by atoms with van der Waals surface area (Å²) in [5.74, 6) is -1.23. The molecule has 0 saturated carbocycles. The molecule has 1 aromatic carbocycles. The Morgan fingerprint density at radius 2 is 2.14 bits per heavy atom. The summed E-state index contributed by atoms with van der Waals surface area (Å²) in [5.41, 5.74) is 1.79. The Labute approximate surface area is 120 Å². The first-order valence-corrected chi connectivity index (χ1v) is 6.58. The molecule has 6 nitrogen and oxygen atoms in total. The lowest BCUT2D eigenvalue weighted by molar-refractivity contribution is -0.133. The van der Waals surface area contributed by atoms with Gasteiger partial charge < -0.3 is 5.11 Å². The van der Waals surface area contributed by atoms with Crippen molar-refractivity contribution in [3.8, 4) is 0 Å². The number of hydrogen-bond acceptors (Lipinski definition) is 4. The summed E-state index contributed by atoms with van der Waals surface area (Å²) in [5, 5.41) is 15.1. The van der Waals surface area contributed by atoms with Crippen molar-refractivity contribution < 1.29 is 14.7 Å². The Balaban J connectivity index is 1.88. The van der Waals surface area contributed by atoms with E-state index in [1.54, 1.807) is 6.20 Å². The van der Waals surface area contributed by atoms with Gasteiger partial charge in [-0.15, -0.1) is 0 Å². The zero-order chi connectivity index (χ0) is 14.8. The van der Waals surface area contributed by atoms with Crippen molar-refractivity contribution in [2.24, 2.45) is 5.10 Å². The maximum absolute atomic E-state index is 11.8. The van der Waals surface area contributed by atoms with Crippen LogP contribution in [0, 0.1) is 0 Å². The van der Waals surface area contributed by atoms with E-state index in [0.717, 1.165) is 16.5 Å². The Morgan fingerprint density at radius 1 is 1.29 bits per heavy atom. The monoisotopic (exact) mass is 283 g/mol. The number of aromatic nitrogens is 1. The molecule has 1 aliphatic heterocycles. The highest BCUT2D eigenvalue weighted by Crippen LogP contribution is 2.17. The number of rotatable bonds is 3. The standard InChI is InChI=1S/C15H13N3O3/c19-14-6-5-13(15(20)21)17-18(14)9-10-3-4-12-11(8-10)2-1-7-16-12/h1-4,7-8H,5-6,9H2,(H,20,21). The van der Waals surface area contributed by atoms with Crippen LogP contribution in [0.25, 0.3) is 10.9 Å². The Bertz CT molecular complexity index is 755. The molecular weight excluding hydrogens is 270 g/mol. The van der Waals surface area contributed by atoms with Crippen LogP contribution < -0.4 is 0 Å². The molecule has 0 unspecified atom stereocenters. The van der Waals surface area contributed by atoms with Crippen molar-refractivity contribution in [1.29, 1.82) is 0 Å². The third kappa shape index (κ3) is 2.74. The maximum Gasteiger partial charge on any atom is 0.352 e. The molecule has 0 radical (unpaired) electrons. The number of hydrazone groups is 1. The zero-order valence-corrected chi connectivity index (χ0v) is 11.2. The molecule has 106 valence electrons. The predicted molar refractivity (Wildman–Crippen MR) is 76.6 cm³/mol. The lowest BCUT2D eigenvalue weighted by Gasteiger charge is -2.22. The van der Waals surface area contributed by atoms with Gasteiger partial charge in [-0.25, -0.2) is 9.80 Å². The predicted octanol–water partition coefficient (Wildman–Crippen LogP) is 1.80. The van der Waals surface area contributed by atoms with Gasteiger partial charge in [0.15, 0.2) is 0 Å². The summed E-state index contributed by atoms with van der Waals surface area (Å²) in [6.07, 6.45) is 2.09. The van der Waals surface area contributed by atoms with E-state index in [-0.39, 0.29) is 31.0 Å². The summed E-state index contributed by atoms with van der Waals surface area (Å²) >= 11 is 0. The number of carboxylic acids is 1. The zero-order valence-electron chi connectivity index (χ0n) is 11.2. The number of amides is 1. The normalized spacial score (nSPS) is 15.1. The van der Waals surface area contributed by atoms with Crippen LogP contribution in [0.5, 0.6) is 0 Å². The van der Waals surface area contributed by atoms with E-state index in [1.807, 2.05) is 30.3 Å². The first-order valence-electron chi connectivity index (χ1n) is 6.58. The van der Waals surface area contributed by atoms with Crippen LogP contribution in [0.2, 0.25) is 0 Å². The number of hydrogen-bond donors (Lipinski definition) is 1. The molecule has 0 saturated heterocycles. The number of aliphatic carboxylic acids is 1. The lowest BCUT2D eigenvalue weighted by Crippen LogP contribution is -2.33. The molecule has 1 aromatic heterocycles. The largest absolute Gasteiger partial charge is 0.477 e. The van der Waals surface area contributed by atoms with Crippen LogP contribution in [0.1, 0.15) is 18.4 Å². The van der Waals surface area contributed by atoms with E-state index in [1.165, 1.54) is 5.01 Å². The number of pyridine rings is 1. The molecule has 2 heterocycles. The van der Waals surface area contributed by atoms with Crippen molar-refractivity contribution in [2.45, 2.75) is 19.4 Å². The van der Waals surface area contributed by atoms with Crippen LogP contribution in [0.3, 0.4) is 0 Å². The van der Waals surface area contributed by atoms with Crippen LogP contribution in [0.4, 0.5) is 0 Å². The second-order valence-corrected chi connectivity index (χ2v) is 4.83. The van der Waals surface area contributed by atoms with Crippen LogP contribution in [-0.2, 0) is 16.1 Å². The molecule has 6 heteroatoms. The van der Waals surface area contributed by atoms with E-state index >= 15 is 0 Å². The first-order chi connectivity index (χ1) is 10.1. The summed E-state index contributed by atoms with van der Waals surface area (Å²) in [6.45, 7) is 0.264. The highest BCUT2D eigenvalue weighted by molar-refractivity contribution is 6.36. The number of carbonyl (C=O) groups excluding carboxylic acids is 1. The number of fused-ring (bicyclic) bond motifs is 1. The van der Waals surface area contributed by atoms with Gasteiger partial charge >= 0.3 is 5.97 Å². The molecule has 0 fully saturated rings. The van der Waals surface area contributed by atoms with Gasteiger partial charge in [-0.1, -0.05) is 12.1 Å². The lowest BCUT2D eigenvalue weighted by atomic mass is 10.1. The molecule has 1 N–H and O–H groups in total. The van der Waals surface area contributed by atoms with Crippen molar-refractivity contribution in [1.82, 2.24) is 9.99 Å². The number of carbonyl (C=O) groups is 2. The Kier molecular flexibility index (Phi) is 3.35. The van der Waals surface area contributed by atoms with Crippen molar-refractivity contribution in [3.63, 3.8) is 0 Å². The molecule has 0 bridgehead atoms. The van der Waals surface area contributed by atoms with E-state index in [0.29, 0.717) is 0 Å². The highest BCUT2D eigenvalue weighted by Gasteiger charge is 2.24. The molecule has 0 spiro atoms. The van der Waals surface area contributed by atoms with Gasteiger partial charge in [0.05, 0.1) is 12.1 Å². The molecule has 0 aliphatic carbocycles. The molecule has 2 aromatic rings. The van der Waals surface area contributed by atoms with Crippen molar-refractivity contribution in [2.75, 3.05) is 0 Å². The average molecular weight is 283 g/mol. The summed E-state index contributed by atoms with van der Waals surface area (Å²) in [6, 6.07) is 9.46. The molecule has 21 heavy (non-hydrogen) atoms. The van der Waals surface area contributed by atoms with Gasteiger partial charge in [0.2, 0.25) is 5.91 Å². The second kappa shape index (κ2) is 5.32. The van der Waals surface area contributed by atoms with Crippen LogP contribution in [0.15, 0.2) is 41.6 Å². The maximum atomic E-state index is 11.8. The summed E-state index contributed by atoms with van der Waals surface area (Å²) < 4.78 is 0. The number of nitrogens with zero attached hydrogens (tertiary/aromatic N) is 3. The van der Waals surface area contributed by atoms with Crippen LogP contribution >= 0.6 is 0 Å². The molecule has 1 aliphatic rings. The topological polar surface area (TPSA) is 82.9 Å². The highest BCUT2D eigenvalue weighted by atomic mass is 16.4. The minimum absolute atomic E-state index is 0.0251. The second-order valence-electron chi connectivity index (χ2n) is 4.83. The number of carboxylic acid groups (broad SMARTS) is 1.